The second-order valence-electron chi connectivity index (χ2n) is 6.84. The van der Waals surface area contributed by atoms with Crippen LogP contribution in [0.1, 0.15) is 48.9 Å². The highest BCUT2D eigenvalue weighted by atomic mass is 19.1. The summed E-state index contributed by atoms with van der Waals surface area (Å²) in [6.45, 7) is 3.12. The molecule has 2 aliphatic heterocycles. The minimum Gasteiger partial charge on any atom is -0.343 e. The van der Waals surface area contributed by atoms with Gasteiger partial charge in [0.25, 0.3) is 5.91 Å². The average molecular weight is 332 g/mol. The molecule has 2 saturated heterocycles. The molecular formula is C19H25FN2O2. The van der Waals surface area contributed by atoms with Crippen LogP contribution < -0.4 is 0 Å². The summed E-state index contributed by atoms with van der Waals surface area (Å²) in [6, 6.07) is 6.14. The Labute approximate surface area is 142 Å². The third kappa shape index (κ3) is 3.94. The van der Waals surface area contributed by atoms with Crippen LogP contribution >= 0.6 is 0 Å². The summed E-state index contributed by atoms with van der Waals surface area (Å²) >= 11 is 0. The fraction of sp³-hybridized carbons (Fsp3) is 0.579. The number of hydrogen-bond donors (Lipinski definition) is 0. The van der Waals surface area contributed by atoms with Gasteiger partial charge < -0.3 is 9.80 Å². The zero-order valence-electron chi connectivity index (χ0n) is 14.0. The molecule has 130 valence electrons. The van der Waals surface area contributed by atoms with E-state index < -0.39 is 5.82 Å². The Bertz CT molecular complexity index is 591. The molecule has 0 spiro atoms. The molecule has 2 amide bonds. The summed E-state index contributed by atoms with van der Waals surface area (Å²) in [7, 11) is 0. The molecule has 0 N–H and O–H groups in total. The largest absolute Gasteiger partial charge is 0.343 e. The van der Waals surface area contributed by atoms with E-state index in [-0.39, 0.29) is 17.4 Å². The van der Waals surface area contributed by atoms with Gasteiger partial charge in [0.1, 0.15) is 5.82 Å². The number of halogens is 1. The lowest BCUT2D eigenvalue weighted by Crippen LogP contribution is -2.39. The Hall–Kier alpha value is -1.91. The van der Waals surface area contributed by atoms with Crippen molar-refractivity contribution in [1.82, 2.24) is 9.80 Å². The molecule has 3 rings (SSSR count). The molecule has 2 aliphatic rings. The second-order valence-corrected chi connectivity index (χ2v) is 6.84. The van der Waals surface area contributed by atoms with E-state index in [0.717, 1.165) is 45.2 Å². The van der Waals surface area contributed by atoms with Crippen LogP contribution in [0.25, 0.3) is 0 Å². The minimum absolute atomic E-state index is 0.153. The Morgan fingerprint density at radius 1 is 1.00 bits per heavy atom. The van der Waals surface area contributed by atoms with Crippen LogP contribution in [-0.2, 0) is 4.79 Å². The predicted molar refractivity (Wildman–Crippen MR) is 90.1 cm³/mol. The van der Waals surface area contributed by atoms with Gasteiger partial charge in [-0.05, 0) is 50.2 Å². The van der Waals surface area contributed by atoms with Gasteiger partial charge in [0.15, 0.2) is 0 Å². The number of benzene rings is 1. The van der Waals surface area contributed by atoms with Gasteiger partial charge >= 0.3 is 0 Å². The first-order chi connectivity index (χ1) is 11.6. The molecule has 2 heterocycles. The van der Waals surface area contributed by atoms with E-state index in [9.17, 15) is 14.0 Å². The quantitative estimate of drug-likeness (QED) is 0.850. The highest BCUT2D eigenvalue weighted by Crippen LogP contribution is 2.24. The van der Waals surface area contributed by atoms with Gasteiger partial charge in [-0.25, -0.2) is 4.39 Å². The van der Waals surface area contributed by atoms with Crippen molar-refractivity contribution in [3.8, 4) is 0 Å². The number of hydrogen-bond acceptors (Lipinski definition) is 2. The maximum atomic E-state index is 13.7. The van der Waals surface area contributed by atoms with Gasteiger partial charge in [0.05, 0.1) is 5.56 Å². The molecular weight excluding hydrogens is 307 g/mol. The van der Waals surface area contributed by atoms with E-state index in [1.54, 1.807) is 23.1 Å². The Kier molecular flexibility index (Phi) is 5.48. The van der Waals surface area contributed by atoms with E-state index >= 15 is 0 Å². The van der Waals surface area contributed by atoms with Crippen LogP contribution in [0.5, 0.6) is 0 Å². The Morgan fingerprint density at radius 2 is 1.67 bits per heavy atom. The van der Waals surface area contributed by atoms with Crippen molar-refractivity contribution in [3.05, 3.63) is 35.6 Å². The molecule has 1 aromatic rings. The molecule has 24 heavy (non-hydrogen) atoms. The molecule has 0 saturated carbocycles. The van der Waals surface area contributed by atoms with E-state index in [4.69, 9.17) is 0 Å². The molecule has 0 atom stereocenters. The number of piperidine rings is 1. The second kappa shape index (κ2) is 7.77. The minimum atomic E-state index is -0.458. The van der Waals surface area contributed by atoms with Crippen molar-refractivity contribution < 1.29 is 14.0 Å². The zero-order valence-corrected chi connectivity index (χ0v) is 14.0. The molecule has 0 unspecified atom stereocenters. The van der Waals surface area contributed by atoms with Crippen LogP contribution in [0.15, 0.2) is 24.3 Å². The summed E-state index contributed by atoms with van der Waals surface area (Å²) in [5.74, 6) is 0.0825. The van der Waals surface area contributed by atoms with E-state index in [0.29, 0.717) is 25.4 Å². The maximum Gasteiger partial charge on any atom is 0.256 e. The Balaban J connectivity index is 1.45. The summed E-state index contributed by atoms with van der Waals surface area (Å²) in [5, 5.41) is 0. The highest BCUT2D eigenvalue weighted by molar-refractivity contribution is 5.94. The van der Waals surface area contributed by atoms with Crippen LogP contribution in [0.3, 0.4) is 0 Å². The van der Waals surface area contributed by atoms with Gasteiger partial charge in [0.2, 0.25) is 5.91 Å². The molecule has 2 fully saturated rings. The number of nitrogens with zero attached hydrogens (tertiary/aromatic N) is 2. The van der Waals surface area contributed by atoms with Crippen molar-refractivity contribution in [2.75, 3.05) is 26.2 Å². The monoisotopic (exact) mass is 332 g/mol. The summed E-state index contributed by atoms with van der Waals surface area (Å²) in [5.41, 5.74) is 0.153. The number of likely N-dealkylation sites (tertiary alicyclic amines) is 2. The standard InChI is InChI=1S/C19H25FN2O2/c20-17-6-2-1-5-16(17)19(24)22-13-9-15(10-14-22)7-8-18(23)21-11-3-4-12-21/h1-2,5-6,15H,3-4,7-14H2. The summed E-state index contributed by atoms with van der Waals surface area (Å²) < 4.78 is 13.7. The van der Waals surface area contributed by atoms with E-state index in [1.807, 2.05) is 4.90 Å². The molecule has 5 heteroatoms. The number of carbonyl (C=O) groups excluding carboxylic acids is 2. The van der Waals surface area contributed by atoms with Gasteiger partial charge in [-0.2, -0.15) is 0 Å². The SMILES string of the molecule is O=C(CCC1CCN(C(=O)c2ccccc2F)CC1)N1CCCC1. The molecule has 1 aromatic carbocycles. The van der Waals surface area contributed by atoms with Crippen LogP contribution in [0, 0.1) is 11.7 Å². The van der Waals surface area contributed by atoms with Gasteiger partial charge in [0, 0.05) is 32.6 Å². The Morgan fingerprint density at radius 3 is 2.33 bits per heavy atom. The lowest BCUT2D eigenvalue weighted by molar-refractivity contribution is -0.130. The molecule has 0 bridgehead atoms. The molecule has 4 nitrogen and oxygen atoms in total. The zero-order chi connectivity index (χ0) is 16.9. The molecule has 0 radical (unpaired) electrons. The first-order valence-corrected chi connectivity index (χ1v) is 8.97. The van der Waals surface area contributed by atoms with Crippen LogP contribution in [0.2, 0.25) is 0 Å². The lowest BCUT2D eigenvalue weighted by atomic mass is 9.91. The smallest absolute Gasteiger partial charge is 0.256 e. The van der Waals surface area contributed by atoms with Crippen molar-refractivity contribution in [3.63, 3.8) is 0 Å². The molecule has 0 aliphatic carbocycles. The van der Waals surface area contributed by atoms with Gasteiger partial charge in [-0.1, -0.05) is 12.1 Å². The third-order valence-corrected chi connectivity index (χ3v) is 5.23. The van der Waals surface area contributed by atoms with Crippen LogP contribution in [-0.4, -0.2) is 47.8 Å². The number of amides is 2. The fourth-order valence-corrected chi connectivity index (χ4v) is 3.68. The third-order valence-electron chi connectivity index (χ3n) is 5.23. The van der Waals surface area contributed by atoms with Crippen LogP contribution in [0.4, 0.5) is 4.39 Å². The normalized spacial score (nSPS) is 18.9. The van der Waals surface area contributed by atoms with Gasteiger partial charge in [-0.3, -0.25) is 9.59 Å². The van der Waals surface area contributed by atoms with E-state index in [1.165, 1.54) is 6.07 Å². The number of rotatable bonds is 4. The first-order valence-electron chi connectivity index (χ1n) is 8.97. The summed E-state index contributed by atoms with van der Waals surface area (Å²) in [4.78, 5) is 28.2. The highest BCUT2D eigenvalue weighted by Gasteiger charge is 2.26. The first kappa shape index (κ1) is 16.9. The molecule has 0 aromatic heterocycles. The fourth-order valence-electron chi connectivity index (χ4n) is 3.68. The topological polar surface area (TPSA) is 40.6 Å². The lowest BCUT2D eigenvalue weighted by Gasteiger charge is -2.32. The van der Waals surface area contributed by atoms with E-state index in [2.05, 4.69) is 0 Å². The van der Waals surface area contributed by atoms with Crippen molar-refractivity contribution in [2.45, 2.75) is 38.5 Å². The van der Waals surface area contributed by atoms with Gasteiger partial charge in [-0.15, -0.1) is 0 Å². The average Bonchev–Trinajstić information content (AvgIpc) is 3.15. The maximum absolute atomic E-state index is 13.7. The predicted octanol–water partition coefficient (Wildman–Crippen LogP) is 3.08. The van der Waals surface area contributed by atoms with Crippen molar-refractivity contribution in [2.24, 2.45) is 5.92 Å². The number of carbonyl (C=O) groups is 2. The van der Waals surface area contributed by atoms with Crippen molar-refractivity contribution >= 4 is 11.8 Å². The van der Waals surface area contributed by atoms with Crippen molar-refractivity contribution in [1.29, 1.82) is 0 Å². The summed E-state index contributed by atoms with van der Waals surface area (Å²) in [6.07, 6.45) is 5.56.